The van der Waals surface area contributed by atoms with E-state index < -0.39 is 6.04 Å². The Bertz CT molecular complexity index is 204. The highest BCUT2D eigenvalue weighted by Crippen LogP contribution is 2.15. The first-order valence-corrected chi connectivity index (χ1v) is 5.97. The van der Waals surface area contributed by atoms with Gasteiger partial charge in [-0.2, -0.15) is 0 Å². The zero-order valence-electron chi connectivity index (χ0n) is 11.0. The highest BCUT2D eigenvalue weighted by molar-refractivity contribution is 5.75. The number of ether oxygens (including phenoxy) is 2. The molecule has 3 atom stereocenters. The Hall–Kier alpha value is -0.610. The summed E-state index contributed by atoms with van der Waals surface area (Å²) in [5, 5.41) is 0. The van der Waals surface area contributed by atoms with Crippen molar-refractivity contribution in [2.24, 2.45) is 11.7 Å². The third-order valence-electron chi connectivity index (χ3n) is 2.33. The molecule has 0 spiro atoms. The van der Waals surface area contributed by atoms with Crippen LogP contribution >= 0.6 is 0 Å². The molecule has 96 valence electrons. The summed E-state index contributed by atoms with van der Waals surface area (Å²) in [5.41, 5.74) is 5.47. The van der Waals surface area contributed by atoms with Crippen molar-refractivity contribution in [3.05, 3.63) is 0 Å². The molecule has 0 aliphatic rings. The molecule has 1 unspecified atom stereocenters. The Balaban J connectivity index is 4.31. The number of rotatable bonds is 7. The lowest BCUT2D eigenvalue weighted by atomic mass is 10.0. The highest BCUT2D eigenvalue weighted by atomic mass is 16.6. The Kier molecular flexibility index (Phi) is 7.34. The lowest BCUT2D eigenvalue weighted by molar-refractivity contribution is -0.162. The van der Waals surface area contributed by atoms with Gasteiger partial charge in [0.15, 0.2) is 0 Å². The van der Waals surface area contributed by atoms with Crippen LogP contribution in [0.3, 0.4) is 0 Å². The second-order valence-corrected chi connectivity index (χ2v) is 4.51. The Morgan fingerprint density at radius 3 is 2.19 bits per heavy atom. The number of nitrogens with two attached hydrogens (primary N) is 1. The Labute approximate surface area is 98.5 Å². The van der Waals surface area contributed by atoms with Crippen LogP contribution in [0.4, 0.5) is 0 Å². The minimum atomic E-state index is -0.584. The van der Waals surface area contributed by atoms with Crippen LogP contribution in [-0.4, -0.2) is 30.8 Å². The van der Waals surface area contributed by atoms with E-state index in [2.05, 4.69) is 0 Å². The smallest absolute Gasteiger partial charge is 0.322 e. The third kappa shape index (κ3) is 5.47. The molecule has 0 rings (SSSR count). The molecule has 0 heterocycles. The van der Waals surface area contributed by atoms with Crippen molar-refractivity contribution < 1.29 is 14.3 Å². The van der Waals surface area contributed by atoms with Gasteiger partial charge >= 0.3 is 5.97 Å². The summed E-state index contributed by atoms with van der Waals surface area (Å²) in [6, 6.07) is -0.584. The lowest BCUT2D eigenvalue weighted by Crippen LogP contribution is -2.40. The van der Waals surface area contributed by atoms with Crippen LogP contribution in [0.15, 0.2) is 0 Å². The van der Waals surface area contributed by atoms with E-state index in [9.17, 15) is 4.79 Å². The van der Waals surface area contributed by atoms with Crippen LogP contribution in [0.5, 0.6) is 0 Å². The predicted octanol–water partition coefficient (Wildman–Crippen LogP) is 1.72. The van der Waals surface area contributed by atoms with Gasteiger partial charge in [-0.15, -0.1) is 0 Å². The molecule has 2 N–H and O–H groups in total. The van der Waals surface area contributed by atoms with Crippen molar-refractivity contribution in [3.63, 3.8) is 0 Å². The summed E-state index contributed by atoms with van der Waals surface area (Å²) in [6.07, 6.45) is 0.629. The average molecular weight is 231 g/mol. The molecule has 0 saturated heterocycles. The normalized spacial score (nSPS) is 16.9. The standard InChI is InChI=1S/C12H25NO3/c1-6-7-15-10(5)11(8(2)3)16-12(14)9(4)13/h8-11H,6-7,13H2,1-5H3/t9-,10-,11?/m0/s1. The predicted molar refractivity (Wildman–Crippen MR) is 64.1 cm³/mol. The van der Waals surface area contributed by atoms with Gasteiger partial charge in [0.1, 0.15) is 12.1 Å². The number of esters is 1. The fourth-order valence-electron chi connectivity index (χ4n) is 1.41. The van der Waals surface area contributed by atoms with Gasteiger partial charge in [-0.3, -0.25) is 4.79 Å². The van der Waals surface area contributed by atoms with E-state index >= 15 is 0 Å². The summed E-state index contributed by atoms with van der Waals surface area (Å²) in [4.78, 5) is 11.4. The van der Waals surface area contributed by atoms with E-state index in [0.29, 0.717) is 6.61 Å². The molecule has 0 aromatic carbocycles. The van der Waals surface area contributed by atoms with Gasteiger partial charge in [-0.05, 0) is 26.2 Å². The second kappa shape index (κ2) is 7.63. The monoisotopic (exact) mass is 231 g/mol. The van der Waals surface area contributed by atoms with Gasteiger partial charge in [0.2, 0.25) is 0 Å². The maximum absolute atomic E-state index is 11.4. The minimum Gasteiger partial charge on any atom is -0.458 e. The molecule has 0 aliphatic heterocycles. The molecule has 0 aromatic rings. The van der Waals surface area contributed by atoms with Gasteiger partial charge in [-0.25, -0.2) is 0 Å². The SMILES string of the molecule is CCCO[C@@H](C)C(OC(=O)[C@H](C)N)C(C)C. The number of carbonyl (C=O) groups is 1. The molecular weight excluding hydrogens is 206 g/mol. The first-order valence-electron chi connectivity index (χ1n) is 5.97. The summed E-state index contributed by atoms with van der Waals surface area (Å²) in [6.45, 7) is 10.3. The van der Waals surface area contributed by atoms with Crippen LogP contribution in [0.2, 0.25) is 0 Å². The molecule has 0 aromatic heterocycles. The van der Waals surface area contributed by atoms with Crippen LogP contribution < -0.4 is 5.73 Å². The highest BCUT2D eigenvalue weighted by Gasteiger charge is 2.26. The van der Waals surface area contributed by atoms with E-state index in [1.165, 1.54) is 0 Å². The van der Waals surface area contributed by atoms with Crippen molar-refractivity contribution in [1.29, 1.82) is 0 Å². The quantitative estimate of drug-likeness (QED) is 0.678. The average Bonchev–Trinajstić information content (AvgIpc) is 2.21. The first-order chi connectivity index (χ1) is 7.40. The summed E-state index contributed by atoms with van der Waals surface area (Å²) < 4.78 is 10.9. The van der Waals surface area contributed by atoms with Crippen LogP contribution in [0, 0.1) is 5.92 Å². The van der Waals surface area contributed by atoms with Crippen molar-refractivity contribution in [3.8, 4) is 0 Å². The van der Waals surface area contributed by atoms with Gasteiger partial charge in [-0.1, -0.05) is 20.8 Å². The van der Waals surface area contributed by atoms with E-state index in [1.807, 2.05) is 27.7 Å². The Morgan fingerprint density at radius 2 is 1.81 bits per heavy atom. The summed E-state index contributed by atoms with van der Waals surface area (Å²) in [7, 11) is 0. The second-order valence-electron chi connectivity index (χ2n) is 4.51. The van der Waals surface area contributed by atoms with Crippen molar-refractivity contribution in [2.45, 2.75) is 59.3 Å². The fourth-order valence-corrected chi connectivity index (χ4v) is 1.41. The molecule has 0 bridgehead atoms. The number of hydrogen-bond acceptors (Lipinski definition) is 4. The van der Waals surface area contributed by atoms with Crippen molar-refractivity contribution in [1.82, 2.24) is 0 Å². The zero-order valence-corrected chi connectivity index (χ0v) is 11.0. The van der Waals surface area contributed by atoms with E-state index in [4.69, 9.17) is 15.2 Å². The summed E-state index contributed by atoms with van der Waals surface area (Å²) >= 11 is 0. The number of carbonyl (C=O) groups excluding carboxylic acids is 1. The molecule has 16 heavy (non-hydrogen) atoms. The maximum atomic E-state index is 11.4. The van der Waals surface area contributed by atoms with Crippen LogP contribution in [-0.2, 0) is 14.3 Å². The molecule has 0 radical (unpaired) electrons. The molecule has 0 aliphatic carbocycles. The van der Waals surface area contributed by atoms with Crippen LogP contribution in [0.1, 0.15) is 41.0 Å². The molecule has 4 nitrogen and oxygen atoms in total. The molecule has 0 saturated carbocycles. The summed E-state index contributed by atoms with van der Waals surface area (Å²) in [5.74, 6) is -0.153. The first kappa shape index (κ1) is 15.4. The minimum absolute atomic E-state index is 0.0948. The van der Waals surface area contributed by atoms with E-state index in [-0.39, 0.29) is 24.1 Å². The topological polar surface area (TPSA) is 61.5 Å². The fraction of sp³-hybridized carbons (Fsp3) is 0.917. The van der Waals surface area contributed by atoms with Gasteiger partial charge < -0.3 is 15.2 Å². The lowest BCUT2D eigenvalue weighted by Gasteiger charge is -2.28. The largest absolute Gasteiger partial charge is 0.458 e. The van der Waals surface area contributed by atoms with Crippen LogP contribution in [0.25, 0.3) is 0 Å². The van der Waals surface area contributed by atoms with Crippen molar-refractivity contribution >= 4 is 5.97 Å². The zero-order chi connectivity index (χ0) is 12.7. The van der Waals surface area contributed by atoms with E-state index in [1.54, 1.807) is 6.92 Å². The maximum Gasteiger partial charge on any atom is 0.322 e. The molecular formula is C12H25NO3. The van der Waals surface area contributed by atoms with Crippen molar-refractivity contribution in [2.75, 3.05) is 6.61 Å². The molecule has 0 amide bonds. The third-order valence-corrected chi connectivity index (χ3v) is 2.33. The molecule has 4 heteroatoms. The Morgan fingerprint density at radius 1 is 1.25 bits per heavy atom. The van der Waals surface area contributed by atoms with Gasteiger partial charge in [0.25, 0.3) is 0 Å². The van der Waals surface area contributed by atoms with Gasteiger partial charge in [0, 0.05) is 6.61 Å². The van der Waals surface area contributed by atoms with Gasteiger partial charge in [0.05, 0.1) is 6.10 Å². The molecule has 0 fully saturated rings. The number of hydrogen-bond donors (Lipinski definition) is 1. The van der Waals surface area contributed by atoms with E-state index in [0.717, 1.165) is 6.42 Å².